The molecule has 94 valence electrons. The van der Waals surface area contributed by atoms with Crippen molar-refractivity contribution in [1.82, 2.24) is 0 Å². The van der Waals surface area contributed by atoms with Crippen molar-refractivity contribution in [3.8, 4) is 0 Å². The first-order chi connectivity index (χ1) is 8.69. The van der Waals surface area contributed by atoms with E-state index in [1.165, 1.54) is 6.07 Å². The Hall–Kier alpha value is -1.55. The van der Waals surface area contributed by atoms with Crippen molar-refractivity contribution in [3.05, 3.63) is 59.7 Å². The van der Waals surface area contributed by atoms with Crippen molar-refractivity contribution in [2.45, 2.75) is 11.4 Å². The van der Waals surface area contributed by atoms with E-state index in [1.807, 2.05) is 30.5 Å². The normalized spacial score (nSPS) is 10.4. The number of anilines is 1. The molecule has 0 aliphatic carbocycles. The highest BCUT2D eigenvalue weighted by molar-refractivity contribution is 7.98. The summed E-state index contributed by atoms with van der Waals surface area (Å²) < 4.78 is 25.8. The van der Waals surface area contributed by atoms with Crippen LogP contribution in [0.25, 0.3) is 0 Å². The van der Waals surface area contributed by atoms with Gasteiger partial charge in [-0.15, -0.1) is 11.8 Å². The molecular weight excluding hydrogens is 252 g/mol. The van der Waals surface area contributed by atoms with Gasteiger partial charge >= 0.3 is 0 Å². The number of halogens is 2. The van der Waals surface area contributed by atoms with E-state index < -0.39 is 11.6 Å². The fraction of sp³-hybridized carbons (Fsp3) is 0.143. The highest BCUT2D eigenvalue weighted by Gasteiger charge is 2.02. The Morgan fingerprint density at radius 1 is 1.06 bits per heavy atom. The van der Waals surface area contributed by atoms with E-state index in [9.17, 15) is 8.78 Å². The number of thioether (sulfide) groups is 1. The van der Waals surface area contributed by atoms with Gasteiger partial charge in [0.15, 0.2) is 11.6 Å². The van der Waals surface area contributed by atoms with E-state index in [4.69, 9.17) is 0 Å². The van der Waals surface area contributed by atoms with Crippen molar-refractivity contribution in [2.75, 3.05) is 11.6 Å². The molecular formula is C14H13F2NS. The molecule has 0 aliphatic heterocycles. The maximum absolute atomic E-state index is 13.0. The van der Waals surface area contributed by atoms with Gasteiger partial charge in [-0.05, 0) is 42.2 Å². The van der Waals surface area contributed by atoms with Crippen LogP contribution in [0.15, 0.2) is 47.4 Å². The molecule has 0 saturated carbocycles. The van der Waals surface area contributed by atoms with Crippen LogP contribution in [0.5, 0.6) is 0 Å². The van der Waals surface area contributed by atoms with Gasteiger partial charge in [-0.25, -0.2) is 8.78 Å². The highest BCUT2D eigenvalue weighted by atomic mass is 32.2. The minimum Gasteiger partial charge on any atom is -0.381 e. The molecule has 4 heteroatoms. The van der Waals surface area contributed by atoms with Crippen molar-refractivity contribution in [1.29, 1.82) is 0 Å². The fourth-order valence-corrected chi connectivity index (χ4v) is 2.05. The number of hydrogen-bond donors (Lipinski definition) is 1. The van der Waals surface area contributed by atoms with E-state index in [-0.39, 0.29) is 0 Å². The zero-order valence-corrected chi connectivity index (χ0v) is 10.7. The fourth-order valence-electron chi connectivity index (χ4n) is 1.59. The quantitative estimate of drug-likeness (QED) is 0.827. The number of nitrogens with one attached hydrogen (secondary N) is 1. The summed E-state index contributed by atoms with van der Waals surface area (Å²) in [5.41, 5.74) is 1.68. The molecule has 18 heavy (non-hydrogen) atoms. The zero-order chi connectivity index (χ0) is 13.0. The van der Waals surface area contributed by atoms with Crippen LogP contribution >= 0.6 is 11.8 Å². The van der Waals surface area contributed by atoms with E-state index in [0.717, 1.165) is 16.6 Å². The van der Waals surface area contributed by atoms with Crippen molar-refractivity contribution >= 4 is 17.4 Å². The maximum atomic E-state index is 13.0. The lowest BCUT2D eigenvalue weighted by Gasteiger charge is -2.08. The lowest BCUT2D eigenvalue weighted by atomic mass is 10.2. The zero-order valence-electron chi connectivity index (χ0n) is 9.91. The molecule has 0 spiro atoms. The Morgan fingerprint density at radius 3 is 2.61 bits per heavy atom. The van der Waals surface area contributed by atoms with Crippen LogP contribution in [-0.4, -0.2) is 6.26 Å². The molecule has 0 heterocycles. The summed E-state index contributed by atoms with van der Waals surface area (Å²) in [5, 5.41) is 3.18. The molecule has 0 fully saturated rings. The minimum atomic E-state index is -0.817. The summed E-state index contributed by atoms with van der Waals surface area (Å²) >= 11 is 1.66. The van der Waals surface area contributed by atoms with Gasteiger partial charge in [0.05, 0.1) is 0 Å². The van der Waals surface area contributed by atoms with Gasteiger partial charge in [0, 0.05) is 17.1 Å². The molecule has 0 atom stereocenters. The first-order valence-electron chi connectivity index (χ1n) is 5.51. The molecule has 0 aromatic heterocycles. The number of hydrogen-bond acceptors (Lipinski definition) is 2. The van der Waals surface area contributed by atoms with Gasteiger partial charge in [0.25, 0.3) is 0 Å². The number of rotatable bonds is 4. The summed E-state index contributed by atoms with van der Waals surface area (Å²) in [5.74, 6) is -1.63. The Balaban J connectivity index is 2.04. The third-order valence-electron chi connectivity index (χ3n) is 2.55. The predicted molar refractivity (Wildman–Crippen MR) is 71.9 cm³/mol. The molecule has 1 nitrogen and oxygen atoms in total. The van der Waals surface area contributed by atoms with Gasteiger partial charge in [-0.1, -0.05) is 12.1 Å². The van der Waals surface area contributed by atoms with Gasteiger partial charge in [0.1, 0.15) is 0 Å². The predicted octanol–water partition coefficient (Wildman–Crippen LogP) is 4.30. The molecule has 1 N–H and O–H groups in total. The van der Waals surface area contributed by atoms with Crippen LogP contribution in [-0.2, 0) is 6.54 Å². The lowest BCUT2D eigenvalue weighted by molar-refractivity contribution is 0.507. The highest BCUT2D eigenvalue weighted by Crippen LogP contribution is 2.19. The van der Waals surface area contributed by atoms with E-state index in [2.05, 4.69) is 5.32 Å². The standard InChI is InChI=1S/C14H13F2NS/c1-18-12-4-2-3-11(8-12)17-9-10-5-6-13(15)14(16)7-10/h2-8,17H,9H2,1H3. The molecule has 0 radical (unpaired) electrons. The second-order valence-electron chi connectivity index (χ2n) is 3.83. The van der Waals surface area contributed by atoms with Crippen LogP contribution < -0.4 is 5.32 Å². The Morgan fingerprint density at radius 2 is 1.89 bits per heavy atom. The number of benzene rings is 2. The third-order valence-corrected chi connectivity index (χ3v) is 3.28. The Bertz CT molecular complexity index is 543. The molecule has 0 bridgehead atoms. The van der Waals surface area contributed by atoms with Crippen molar-refractivity contribution in [2.24, 2.45) is 0 Å². The second kappa shape index (κ2) is 5.87. The maximum Gasteiger partial charge on any atom is 0.159 e. The van der Waals surface area contributed by atoms with Gasteiger partial charge < -0.3 is 5.32 Å². The van der Waals surface area contributed by atoms with Crippen LogP contribution in [0.2, 0.25) is 0 Å². The Labute approximate surface area is 109 Å². The van der Waals surface area contributed by atoms with Crippen LogP contribution in [0.4, 0.5) is 14.5 Å². The molecule has 2 aromatic carbocycles. The summed E-state index contributed by atoms with van der Waals surface area (Å²) in [6.45, 7) is 0.467. The van der Waals surface area contributed by atoms with E-state index >= 15 is 0 Å². The summed E-state index contributed by atoms with van der Waals surface area (Å²) in [7, 11) is 0. The average Bonchev–Trinajstić information content (AvgIpc) is 2.40. The molecule has 0 unspecified atom stereocenters. The first-order valence-corrected chi connectivity index (χ1v) is 6.73. The topological polar surface area (TPSA) is 12.0 Å². The minimum absolute atomic E-state index is 0.467. The SMILES string of the molecule is CSc1cccc(NCc2ccc(F)c(F)c2)c1. The largest absolute Gasteiger partial charge is 0.381 e. The van der Waals surface area contributed by atoms with Gasteiger partial charge in [0.2, 0.25) is 0 Å². The summed E-state index contributed by atoms with van der Waals surface area (Å²) in [6, 6.07) is 11.9. The van der Waals surface area contributed by atoms with E-state index in [1.54, 1.807) is 17.8 Å². The molecule has 0 saturated heterocycles. The van der Waals surface area contributed by atoms with Crippen LogP contribution in [0.3, 0.4) is 0 Å². The molecule has 0 aliphatic rings. The molecule has 2 aromatic rings. The average molecular weight is 265 g/mol. The van der Waals surface area contributed by atoms with Gasteiger partial charge in [-0.3, -0.25) is 0 Å². The molecule has 0 amide bonds. The van der Waals surface area contributed by atoms with Crippen molar-refractivity contribution in [3.63, 3.8) is 0 Å². The molecule has 2 rings (SSSR count). The monoisotopic (exact) mass is 265 g/mol. The first kappa shape index (κ1) is 12.9. The van der Waals surface area contributed by atoms with Crippen LogP contribution in [0, 0.1) is 11.6 Å². The Kier molecular flexibility index (Phi) is 4.20. The second-order valence-corrected chi connectivity index (χ2v) is 4.71. The van der Waals surface area contributed by atoms with Crippen LogP contribution in [0.1, 0.15) is 5.56 Å². The summed E-state index contributed by atoms with van der Waals surface area (Å²) in [6.07, 6.45) is 2.01. The van der Waals surface area contributed by atoms with E-state index in [0.29, 0.717) is 12.1 Å². The smallest absolute Gasteiger partial charge is 0.159 e. The summed E-state index contributed by atoms with van der Waals surface area (Å²) in [4.78, 5) is 1.16. The van der Waals surface area contributed by atoms with Gasteiger partial charge in [-0.2, -0.15) is 0 Å². The lowest BCUT2D eigenvalue weighted by Crippen LogP contribution is -2.00. The third kappa shape index (κ3) is 3.23. The van der Waals surface area contributed by atoms with Crippen molar-refractivity contribution < 1.29 is 8.78 Å².